The zero-order chi connectivity index (χ0) is 13.0. The minimum atomic E-state index is 0.221. The Morgan fingerprint density at radius 1 is 1.06 bits per heavy atom. The summed E-state index contributed by atoms with van der Waals surface area (Å²) in [5.41, 5.74) is 7.63. The van der Waals surface area contributed by atoms with Crippen molar-refractivity contribution in [2.75, 3.05) is 6.54 Å². The molecule has 96 valence electrons. The maximum atomic E-state index is 5.99. The third kappa shape index (κ3) is 2.73. The minimum Gasteiger partial charge on any atom is -0.330 e. The highest BCUT2D eigenvalue weighted by molar-refractivity contribution is 5.85. The third-order valence-electron chi connectivity index (χ3n) is 3.84. The van der Waals surface area contributed by atoms with E-state index >= 15 is 0 Å². The fraction of sp³-hybridized carbons (Fsp3) is 0.412. The van der Waals surface area contributed by atoms with E-state index < -0.39 is 0 Å². The largest absolute Gasteiger partial charge is 0.330 e. The second-order valence-corrected chi connectivity index (χ2v) is 5.58. The Hall–Kier alpha value is -1.34. The van der Waals surface area contributed by atoms with E-state index in [9.17, 15) is 0 Å². The topological polar surface area (TPSA) is 26.0 Å². The molecule has 0 amide bonds. The molecule has 2 N–H and O–H groups in total. The van der Waals surface area contributed by atoms with E-state index in [-0.39, 0.29) is 5.41 Å². The van der Waals surface area contributed by atoms with Crippen LogP contribution in [-0.4, -0.2) is 6.54 Å². The fourth-order valence-corrected chi connectivity index (χ4v) is 2.77. The first-order chi connectivity index (χ1) is 8.68. The van der Waals surface area contributed by atoms with Crippen LogP contribution in [0.25, 0.3) is 10.8 Å². The van der Waals surface area contributed by atoms with Gasteiger partial charge < -0.3 is 5.73 Å². The van der Waals surface area contributed by atoms with E-state index in [1.54, 1.807) is 0 Å². The Kier molecular flexibility index (Phi) is 4.03. The van der Waals surface area contributed by atoms with Gasteiger partial charge in [-0.2, -0.15) is 0 Å². The third-order valence-corrected chi connectivity index (χ3v) is 3.84. The van der Waals surface area contributed by atoms with E-state index in [2.05, 4.69) is 56.3 Å². The summed E-state index contributed by atoms with van der Waals surface area (Å²) in [4.78, 5) is 0. The molecule has 0 fully saturated rings. The van der Waals surface area contributed by atoms with Crippen LogP contribution >= 0.6 is 0 Å². The summed E-state index contributed by atoms with van der Waals surface area (Å²) in [5, 5.41) is 2.70. The smallest absolute Gasteiger partial charge is 0.00200 e. The molecule has 0 heterocycles. The molecule has 0 aliphatic rings. The van der Waals surface area contributed by atoms with E-state index in [0.29, 0.717) is 0 Å². The molecule has 0 aromatic heterocycles. The molecule has 1 atom stereocenters. The Morgan fingerprint density at radius 3 is 2.50 bits per heavy atom. The summed E-state index contributed by atoms with van der Waals surface area (Å²) in [7, 11) is 0. The van der Waals surface area contributed by atoms with Gasteiger partial charge in [-0.05, 0) is 41.1 Å². The van der Waals surface area contributed by atoms with Crippen LogP contribution in [0.2, 0.25) is 0 Å². The van der Waals surface area contributed by atoms with Crippen LogP contribution in [0.3, 0.4) is 0 Å². The lowest BCUT2D eigenvalue weighted by molar-refractivity contribution is 0.303. The van der Waals surface area contributed by atoms with Crippen LogP contribution in [0.4, 0.5) is 0 Å². The second kappa shape index (κ2) is 5.53. The van der Waals surface area contributed by atoms with E-state index in [4.69, 9.17) is 5.73 Å². The lowest BCUT2D eigenvalue weighted by Crippen LogP contribution is -2.29. The summed E-state index contributed by atoms with van der Waals surface area (Å²) in [6, 6.07) is 15.2. The van der Waals surface area contributed by atoms with Crippen molar-refractivity contribution in [1.82, 2.24) is 0 Å². The number of fused-ring (bicyclic) bond motifs is 1. The first kappa shape index (κ1) is 13.1. The molecule has 0 saturated heterocycles. The van der Waals surface area contributed by atoms with Crippen molar-refractivity contribution in [1.29, 1.82) is 0 Å². The number of hydrogen-bond donors (Lipinski definition) is 1. The Bertz CT molecular complexity index is 513. The predicted octanol–water partition coefficient (Wildman–Crippen LogP) is 4.15. The van der Waals surface area contributed by atoms with Crippen molar-refractivity contribution in [3.63, 3.8) is 0 Å². The first-order valence-corrected chi connectivity index (χ1v) is 6.85. The van der Waals surface area contributed by atoms with Crippen molar-refractivity contribution < 1.29 is 0 Å². The molecule has 0 saturated carbocycles. The molecule has 1 nitrogen and oxygen atoms in total. The number of nitrogens with two attached hydrogens (primary N) is 1. The summed E-state index contributed by atoms with van der Waals surface area (Å²) in [6.07, 6.45) is 3.45. The molecular formula is C17H23N. The van der Waals surface area contributed by atoms with Crippen molar-refractivity contribution >= 4 is 10.8 Å². The maximum absolute atomic E-state index is 5.99. The van der Waals surface area contributed by atoms with Crippen molar-refractivity contribution in [2.24, 2.45) is 11.1 Å². The Labute approximate surface area is 110 Å². The van der Waals surface area contributed by atoms with E-state index in [1.165, 1.54) is 29.2 Å². The molecule has 1 unspecified atom stereocenters. The molecule has 1 heteroatoms. The van der Waals surface area contributed by atoms with Gasteiger partial charge in [0.2, 0.25) is 0 Å². The van der Waals surface area contributed by atoms with E-state index in [0.717, 1.165) is 13.0 Å². The number of hydrogen-bond acceptors (Lipinski definition) is 1. The van der Waals surface area contributed by atoms with Gasteiger partial charge in [-0.1, -0.05) is 62.7 Å². The standard InChI is InChI=1S/C17H23N/c1-3-11-17(2,13-18)12-15-9-6-8-14-7-4-5-10-16(14)15/h4-10H,3,11-13,18H2,1-2H3. The number of rotatable bonds is 5. The van der Waals surface area contributed by atoms with Crippen LogP contribution in [0.5, 0.6) is 0 Å². The summed E-state index contributed by atoms with van der Waals surface area (Å²) in [5.74, 6) is 0. The monoisotopic (exact) mass is 241 g/mol. The van der Waals surface area contributed by atoms with Crippen molar-refractivity contribution in [3.8, 4) is 0 Å². The van der Waals surface area contributed by atoms with Gasteiger partial charge in [0.05, 0.1) is 0 Å². The Morgan fingerprint density at radius 2 is 1.78 bits per heavy atom. The van der Waals surface area contributed by atoms with Crippen LogP contribution in [0, 0.1) is 5.41 Å². The molecule has 2 aromatic rings. The highest BCUT2D eigenvalue weighted by Crippen LogP contribution is 2.30. The highest BCUT2D eigenvalue weighted by Gasteiger charge is 2.22. The lowest BCUT2D eigenvalue weighted by atomic mass is 9.79. The van der Waals surface area contributed by atoms with Gasteiger partial charge in [0.1, 0.15) is 0 Å². The minimum absolute atomic E-state index is 0.221. The molecule has 0 aliphatic heterocycles. The quantitative estimate of drug-likeness (QED) is 0.836. The average molecular weight is 241 g/mol. The molecule has 0 bridgehead atoms. The molecule has 18 heavy (non-hydrogen) atoms. The zero-order valence-corrected chi connectivity index (χ0v) is 11.4. The van der Waals surface area contributed by atoms with Gasteiger partial charge in [0, 0.05) is 0 Å². The zero-order valence-electron chi connectivity index (χ0n) is 11.4. The SMILES string of the molecule is CCCC(C)(CN)Cc1cccc2ccccc12. The summed E-state index contributed by atoms with van der Waals surface area (Å²) >= 11 is 0. The normalized spacial score (nSPS) is 14.6. The van der Waals surface area contributed by atoms with Crippen LogP contribution in [-0.2, 0) is 6.42 Å². The number of benzene rings is 2. The van der Waals surface area contributed by atoms with Crippen LogP contribution in [0.15, 0.2) is 42.5 Å². The van der Waals surface area contributed by atoms with Gasteiger partial charge in [0.15, 0.2) is 0 Å². The highest BCUT2D eigenvalue weighted by atomic mass is 14.6. The molecule has 0 aliphatic carbocycles. The summed E-state index contributed by atoms with van der Waals surface area (Å²) < 4.78 is 0. The fourth-order valence-electron chi connectivity index (χ4n) is 2.77. The van der Waals surface area contributed by atoms with Gasteiger partial charge in [-0.3, -0.25) is 0 Å². The van der Waals surface area contributed by atoms with Gasteiger partial charge in [-0.25, -0.2) is 0 Å². The maximum Gasteiger partial charge on any atom is -0.00200 e. The first-order valence-electron chi connectivity index (χ1n) is 6.85. The van der Waals surface area contributed by atoms with E-state index in [1.807, 2.05) is 0 Å². The molecule has 0 spiro atoms. The molecule has 2 aromatic carbocycles. The Balaban J connectivity index is 2.36. The van der Waals surface area contributed by atoms with Crippen molar-refractivity contribution in [2.45, 2.75) is 33.1 Å². The van der Waals surface area contributed by atoms with Crippen LogP contribution in [0.1, 0.15) is 32.3 Å². The molecular weight excluding hydrogens is 218 g/mol. The average Bonchev–Trinajstić information content (AvgIpc) is 2.39. The van der Waals surface area contributed by atoms with Crippen molar-refractivity contribution in [3.05, 3.63) is 48.0 Å². The van der Waals surface area contributed by atoms with Gasteiger partial charge >= 0.3 is 0 Å². The molecule has 0 radical (unpaired) electrons. The lowest BCUT2D eigenvalue weighted by Gasteiger charge is -2.28. The molecule has 2 rings (SSSR count). The van der Waals surface area contributed by atoms with Gasteiger partial charge in [-0.15, -0.1) is 0 Å². The van der Waals surface area contributed by atoms with Crippen LogP contribution < -0.4 is 5.73 Å². The predicted molar refractivity (Wildman–Crippen MR) is 79.7 cm³/mol. The second-order valence-electron chi connectivity index (χ2n) is 5.58. The van der Waals surface area contributed by atoms with Gasteiger partial charge in [0.25, 0.3) is 0 Å². The summed E-state index contributed by atoms with van der Waals surface area (Å²) in [6.45, 7) is 5.29.